The Balaban J connectivity index is 1.55. The van der Waals surface area contributed by atoms with Crippen molar-refractivity contribution in [2.45, 2.75) is 6.92 Å². The van der Waals surface area contributed by atoms with E-state index < -0.39 is 0 Å². The third-order valence-corrected chi connectivity index (χ3v) is 5.87. The maximum absolute atomic E-state index is 5.50. The van der Waals surface area contributed by atoms with Gasteiger partial charge in [-0.25, -0.2) is 9.97 Å². The summed E-state index contributed by atoms with van der Waals surface area (Å²) in [7, 11) is 1.67. The van der Waals surface area contributed by atoms with Crippen molar-refractivity contribution in [1.82, 2.24) is 9.97 Å². The van der Waals surface area contributed by atoms with E-state index in [-0.39, 0.29) is 0 Å². The molecule has 0 saturated carbocycles. The molecule has 0 aliphatic carbocycles. The minimum Gasteiger partial charge on any atom is -0.497 e. The molecule has 0 fully saturated rings. The Morgan fingerprint density at radius 3 is 1.67 bits per heavy atom. The van der Waals surface area contributed by atoms with Crippen molar-refractivity contribution in [2.24, 2.45) is 0 Å². The van der Waals surface area contributed by atoms with Crippen LogP contribution in [0.3, 0.4) is 0 Å². The number of benzene rings is 2. The third kappa shape index (κ3) is 3.86. The molecule has 4 nitrogen and oxygen atoms in total. The summed E-state index contributed by atoms with van der Waals surface area (Å²) in [5.41, 5.74) is 4.06. The first-order valence-corrected chi connectivity index (χ1v) is 10.3. The smallest absolute Gasteiger partial charge is 0.152 e. The van der Waals surface area contributed by atoms with Gasteiger partial charge in [0, 0.05) is 21.9 Å². The Morgan fingerprint density at radius 1 is 0.741 bits per heavy atom. The molecular formula is C21H18N2O2S2. The minimum absolute atomic E-state index is 0.667. The van der Waals surface area contributed by atoms with Crippen LogP contribution in [0.4, 0.5) is 0 Å². The van der Waals surface area contributed by atoms with E-state index in [2.05, 4.69) is 10.8 Å². The van der Waals surface area contributed by atoms with Gasteiger partial charge in [0.05, 0.1) is 25.1 Å². The van der Waals surface area contributed by atoms with Crippen LogP contribution in [0.25, 0.3) is 32.5 Å². The summed E-state index contributed by atoms with van der Waals surface area (Å²) in [6.45, 7) is 2.65. The number of ether oxygens (including phenoxy) is 2. The summed E-state index contributed by atoms with van der Waals surface area (Å²) in [6.07, 6.45) is 0. The van der Waals surface area contributed by atoms with Crippen molar-refractivity contribution in [2.75, 3.05) is 13.7 Å². The van der Waals surface area contributed by atoms with Crippen molar-refractivity contribution in [1.29, 1.82) is 0 Å². The fourth-order valence-electron chi connectivity index (χ4n) is 2.66. The van der Waals surface area contributed by atoms with E-state index in [4.69, 9.17) is 19.4 Å². The fourth-order valence-corrected chi connectivity index (χ4v) is 4.37. The molecule has 0 N–H and O–H groups in total. The number of methoxy groups -OCH3 is 1. The van der Waals surface area contributed by atoms with Crippen LogP contribution < -0.4 is 9.47 Å². The number of aromatic nitrogens is 2. The highest BCUT2D eigenvalue weighted by Gasteiger charge is 2.12. The highest BCUT2D eigenvalue weighted by Crippen LogP contribution is 2.34. The van der Waals surface area contributed by atoms with Gasteiger partial charge < -0.3 is 9.47 Å². The lowest BCUT2D eigenvalue weighted by Crippen LogP contribution is -1.90. The molecule has 2 aromatic carbocycles. The highest BCUT2D eigenvalue weighted by molar-refractivity contribution is 7.20. The van der Waals surface area contributed by atoms with Gasteiger partial charge in [-0.2, -0.15) is 0 Å². The van der Waals surface area contributed by atoms with Crippen molar-refractivity contribution >= 4 is 22.7 Å². The molecule has 0 saturated heterocycles. The van der Waals surface area contributed by atoms with E-state index in [1.165, 1.54) is 0 Å². The molecule has 2 heterocycles. The molecule has 136 valence electrons. The Bertz CT molecular complexity index is 1020. The monoisotopic (exact) mass is 394 g/mol. The average Bonchev–Trinajstić information content (AvgIpc) is 3.39. The topological polar surface area (TPSA) is 44.2 Å². The summed E-state index contributed by atoms with van der Waals surface area (Å²) >= 11 is 3.22. The van der Waals surface area contributed by atoms with Gasteiger partial charge in [-0.05, 0) is 55.5 Å². The molecule has 4 aromatic rings. The maximum atomic E-state index is 5.50. The van der Waals surface area contributed by atoms with E-state index in [9.17, 15) is 0 Å². The number of nitrogens with zero attached hydrogens (tertiary/aromatic N) is 2. The Hall–Kier alpha value is -2.70. The summed E-state index contributed by atoms with van der Waals surface area (Å²) in [4.78, 5) is 9.52. The van der Waals surface area contributed by atoms with Crippen molar-refractivity contribution in [3.8, 4) is 44.0 Å². The first-order valence-electron chi connectivity index (χ1n) is 8.56. The van der Waals surface area contributed by atoms with Crippen molar-refractivity contribution in [3.05, 3.63) is 59.3 Å². The molecule has 27 heavy (non-hydrogen) atoms. The first-order chi connectivity index (χ1) is 13.3. The predicted molar refractivity (Wildman–Crippen MR) is 112 cm³/mol. The Labute approximate surface area is 166 Å². The van der Waals surface area contributed by atoms with Gasteiger partial charge in [-0.3, -0.25) is 0 Å². The van der Waals surface area contributed by atoms with Crippen LogP contribution >= 0.6 is 22.7 Å². The molecule has 0 spiro atoms. The second-order valence-electron chi connectivity index (χ2n) is 5.76. The maximum Gasteiger partial charge on any atom is 0.152 e. The number of hydrogen-bond acceptors (Lipinski definition) is 6. The molecule has 0 unspecified atom stereocenters. The largest absolute Gasteiger partial charge is 0.497 e. The van der Waals surface area contributed by atoms with Gasteiger partial charge in [0.1, 0.15) is 11.5 Å². The highest BCUT2D eigenvalue weighted by atomic mass is 32.1. The molecule has 0 bridgehead atoms. The van der Waals surface area contributed by atoms with Crippen LogP contribution in [0.15, 0.2) is 59.3 Å². The lowest BCUT2D eigenvalue weighted by Gasteiger charge is -2.03. The molecule has 0 aliphatic heterocycles. The second-order valence-corrected chi connectivity index (χ2v) is 7.48. The van der Waals surface area contributed by atoms with Crippen LogP contribution in [0.2, 0.25) is 0 Å². The molecular weight excluding hydrogens is 376 g/mol. The minimum atomic E-state index is 0.667. The molecule has 6 heteroatoms. The standard InChI is InChI=1S/C21H18N2O2S2/c1-3-25-17-10-6-15(7-11-17)19-13-27-21(23-19)20-22-18(12-26-20)14-4-8-16(24-2)9-5-14/h4-13H,3H2,1-2H3. The van der Waals surface area contributed by atoms with Crippen molar-refractivity contribution in [3.63, 3.8) is 0 Å². The Morgan fingerprint density at radius 2 is 1.22 bits per heavy atom. The van der Waals surface area contributed by atoms with Crippen LogP contribution in [0, 0.1) is 0 Å². The average molecular weight is 395 g/mol. The number of rotatable bonds is 6. The van der Waals surface area contributed by atoms with E-state index in [0.29, 0.717) is 6.61 Å². The van der Waals surface area contributed by atoms with Gasteiger partial charge in [0.15, 0.2) is 10.0 Å². The summed E-state index contributed by atoms with van der Waals surface area (Å²) < 4.78 is 10.7. The van der Waals surface area contributed by atoms with Crippen LogP contribution in [0.1, 0.15) is 6.92 Å². The predicted octanol–water partition coefficient (Wildman–Crippen LogP) is 6.01. The van der Waals surface area contributed by atoms with Crippen LogP contribution in [0.5, 0.6) is 11.5 Å². The molecule has 0 aliphatic rings. The Kier molecular flexibility index (Phi) is 5.18. The summed E-state index contributed by atoms with van der Waals surface area (Å²) in [6, 6.07) is 16.0. The number of thiazole rings is 2. The SMILES string of the molecule is CCOc1ccc(-c2csc(-c3nc(-c4ccc(OC)cc4)cs3)n2)cc1. The fraction of sp³-hybridized carbons (Fsp3) is 0.143. The van der Waals surface area contributed by atoms with E-state index >= 15 is 0 Å². The normalized spacial score (nSPS) is 10.7. The zero-order valence-corrected chi connectivity index (χ0v) is 16.6. The summed E-state index contributed by atoms with van der Waals surface area (Å²) in [5.74, 6) is 1.72. The second kappa shape index (κ2) is 7.90. The van der Waals surface area contributed by atoms with Gasteiger partial charge in [-0.1, -0.05) is 0 Å². The zero-order chi connectivity index (χ0) is 18.6. The number of hydrogen-bond donors (Lipinski definition) is 0. The van der Waals surface area contributed by atoms with Crippen LogP contribution in [-0.2, 0) is 0 Å². The molecule has 0 radical (unpaired) electrons. The zero-order valence-electron chi connectivity index (χ0n) is 15.0. The quantitative estimate of drug-likeness (QED) is 0.402. The first kappa shape index (κ1) is 17.7. The third-order valence-electron chi connectivity index (χ3n) is 4.04. The van der Waals surface area contributed by atoms with Gasteiger partial charge in [0.25, 0.3) is 0 Å². The lowest BCUT2D eigenvalue weighted by molar-refractivity contribution is 0.340. The molecule has 0 amide bonds. The van der Waals surface area contributed by atoms with Gasteiger partial charge in [0.2, 0.25) is 0 Å². The summed E-state index contributed by atoms with van der Waals surface area (Å²) in [5, 5.41) is 6.00. The van der Waals surface area contributed by atoms with E-state index in [0.717, 1.165) is 44.0 Å². The molecule has 0 atom stereocenters. The van der Waals surface area contributed by atoms with E-state index in [1.54, 1.807) is 29.8 Å². The lowest BCUT2D eigenvalue weighted by atomic mass is 10.2. The van der Waals surface area contributed by atoms with Gasteiger partial charge >= 0.3 is 0 Å². The van der Waals surface area contributed by atoms with Crippen LogP contribution in [-0.4, -0.2) is 23.7 Å². The molecule has 2 aromatic heterocycles. The van der Waals surface area contributed by atoms with Crippen molar-refractivity contribution < 1.29 is 9.47 Å². The molecule has 4 rings (SSSR count). The van der Waals surface area contributed by atoms with E-state index in [1.807, 2.05) is 55.5 Å². The van der Waals surface area contributed by atoms with Gasteiger partial charge in [-0.15, -0.1) is 22.7 Å².